The van der Waals surface area contributed by atoms with Crippen LogP contribution < -0.4 is 4.74 Å². The topological polar surface area (TPSA) is 76.9 Å². The van der Waals surface area contributed by atoms with Crippen molar-refractivity contribution in [3.8, 4) is 17.0 Å². The Bertz CT molecular complexity index is 1040. The molecule has 9 heteroatoms. The van der Waals surface area contributed by atoms with E-state index in [1.54, 1.807) is 13.2 Å². The molecule has 0 radical (unpaired) electrons. The normalized spacial score (nSPS) is 24.7. The molecule has 5 rings (SSSR count). The molecule has 1 N–H and O–H groups in total. The first-order valence-electron chi connectivity index (χ1n) is 11.6. The van der Waals surface area contributed by atoms with Crippen LogP contribution in [0.1, 0.15) is 30.5 Å². The predicted octanol–water partition coefficient (Wildman–Crippen LogP) is 3.70. The van der Waals surface area contributed by atoms with Crippen LogP contribution in [0.3, 0.4) is 0 Å². The van der Waals surface area contributed by atoms with Gasteiger partial charge < -0.3 is 24.0 Å². The summed E-state index contributed by atoms with van der Waals surface area (Å²) in [6.07, 6.45) is 6.19. The first-order chi connectivity index (χ1) is 16.0. The van der Waals surface area contributed by atoms with Crippen LogP contribution in [-0.2, 0) is 15.9 Å². The van der Waals surface area contributed by atoms with Gasteiger partial charge in [-0.1, -0.05) is 17.7 Å². The van der Waals surface area contributed by atoms with Crippen molar-refractivity contribution in [3.05, 3.63) is 46.6 Å². The highest BCUT2D eigenvalue weighted by molar-refractivity contribution is 6.45. The van der Waals surface area contributed by atoms with Crippen molar-refractivity contribution in [3.63, 3.8) is 0 Å². The number of benzene rings is 1. The van der Waals surface area contributed by atoms with E-state index >= 15 is 0 Å². The van der Waals surface area contributed by atoms with Crippen molar-refractivity contribution in [2.45, 2.75) is 44.6 Å². The van der Waals surface area contributed by atoms with E-state index in [2.05, 4.69) is 22.1 Å². The maximum Gasteiger partial charge on any atom is 0.377 e. The maximum absolute atomic E-state index is 10.3. The molecule has 3 aliphatic rings. The average Bonchev–Trinajstić information content (AvgIpc) is 2.81. The van der Waals surface area contributed by atoms with Gasteiger partial charge in [-0.2, -0.15) is 0 Å². The summed E-state index contributed by atoms with van der Waals surface area (Å²) in [6, 6.07) is 8.12. The van der Waals surface area contributed by atoms with Crippen LogP contribution >= 0.6 is 11.6 Å². The van der Waals surface area contributed by atoms with Gasteiger partial charge in [-0.25, -0.2) is 0 Å². The molecule has 2 aliphatic heterocycles. The summed E-state index contributed by atoms with van der Waals surface area (Å²) in [5.41, 5.74) is 5.13. The average molecular weight is 470 g/mol. The predicted molar refractivity (Wildman–Crippen MR) is 128 cm³/mol. The Hall–Kier alpha value is -1.97. The van der Waals surface area contributed by atoms with Crippen LogP contribution in [0, 0.1) is 5.92 Å². The van der Waals surface area contributed by atoms with Gasteiger partial charge in [0.1, 0.15) is 5.75 Å². The van der Waals surface area contributed by atoms with Gasteiger partial charge in [-0.3, -0.25) is 0 Å². The van der Waals surface area contributed by atoms with Gasteiger partial charge in [0.05, 0.1) is 24.6 Å². The minimum absolute atomic E-state index is 0.135. The molecule has 2 unspecified atom stereocenters. The number of ether oxygens (including phenoxy) is 3. The third kappa shape index (κ3) is 4.55. The summed E-state index contributed by atoms with van der Waals surface area (Å²) in [4.78, 5) is 2.22. The Kier molecular flexibility index (Phi) is 6.72. The standard InChI is InChI=1S/C24H29BClN3O4/c1-25(30)29-18-8-16(9-19(29)13-32-12-18)20-5-3-4-15-10-22(27-28-24(15)20)21-7-6-17(26)11-23(21)33-14-31-2/h5-7,10-11,16,18-19,30H,3-4,8-9,12-14H2,1-2H3. The smallest absolute Gasteiger partial charge is 0.377 e. The first kappa shape index (κ1) is 22.8. The highest BCUT2D eigenvalue weighted by Gasteiger charge is 2.43. The second kappa shape index (κ2) is 9.72. The Morgan fingerprint density at radius 2 is 2.00 bits per heavy atom. The van der Waals surface area contributed by atoms with Crippen molar-refractivity contribution >= 4 is 24.2 Å². The van der Waals surface area contributed by atoms with Crippen molar-refractivity contribution in [1.29, 1.82) is 0 Å². The number of hydrogen-bond acceptors (Lipinski definition) is 7. The molecule has 3 heterocycles. The van der Waals surface area contributed by atoms with Crippen LogP contribution in [-0.4, -0.2) is 66.3 Å². The zero-order valence-corrected chi connectivity index (χ0v) is 19.8. The van der Waals surface area contributed by atoms with E-state index in [-0.39, 0.29) is 18.9 Å². The van der Waals surface area contributed by atoms with E-state index in [1.165, 1.54) is 11.1 Å². The number of morpholine rings is 1. The van der Waals surface area contributed by atoms with Crippen LogP contribution in [0.4, 0.5) is 0 Å². The Balaban J connectivity index is 1.43. The van der Waals surface area contributed by atoms with Crippen molar-refractivity contribution in [1.82, 2.24) is 15.0 Å². The summed E-state index contributed by atoms with van der Waals surface area (Å²) in [7, 11) is 1.14. The lowest BCUT2D eigenvalue weighted by molar-refractivity contribution is -0.0472. The number of nitrogens with zero attached hydrogens (tertiary/aromatic N) is 3. The lowest BCUT2D eigenvalue weighted by Crippen LogP contribution is -2.61. The number of piperidine rings is 1. The van der Waals surface area contributed by atoms with Crippen molar-refractivity contribution in [2.75, 3.05) is 27.1 Å². The lowest BCUT2D eigenvalue weighted by atomic mass is 9.70. The third-order valence-corrected chi connectivity index (χ3v) is 7.16. The fraction of sp³-hybridized carbons (Fsp3) is 0.500. The molecule has 2 aromatic rings. The van der Waals surface area contributed by atoms with Crippen LogP contribution in [0.25, 0.3) is 16.8 Å². The molecular formula is C24H29BClN3O4. The minimum Gasteiger partial charge on any atom is -0.467 e. The molecule has 174 valence electrons. The van der Waals surface area contributed by atoms with Crippen LogP contribution in [0.2, 0.25) is 11.8 Å². The maximum atomic E-state index is 10.3. The number of hydrogen-bond donors (Lipinski definition) is 1. The number of rotatable bonds is 6. The molecule has 33 heavy (non-hydrogen) atoms. The molecular weight excluding hydrogens is 441 g/mol. The van der Waals surface area contributed by atoms with E-state index in [0.717, 1.165) is 42.6 Å². The second-order valence-electron chi connectivity index (χ2n) is 9.09. The number of aromatic nitrogens is 2. The summed E-state index contributed by atoms with van der Waals surface area (Å²) in [5, 5.41) is 20.2. The Morgan fingerprint density at radius 3 is 2.73 bits per heavy atom. The van der Waals surface area contributed by atoms with E-state index in [0.29, 0.717) is 29.9 Å². The first-order valence-corrected chi connectivity index (χ1v) is 11.9. The molecule has 0 amide bonds. The molecule has 2 atom stereocenters. The molecule has 2 fully saturated rings. The number of methoxy groups -OCH3 is 1. The van der Waals surface area contributed by atoms with Crippen LogP contribution in [0.5, 0.6) is 5.75 Å². The largest absolute Gasteiger partial charge is 0.467 e. The molecule has 1 aromatic heterocycles. The van der Waals surface area contributed by atoms with Gasteiger partial charge in [-0.15, -0.1) is 10.2 Å². The molecule has 0 saturated carbocycles. The molecule has 2 saturated heterocycles. The second-order valence-corrected chi connectivity index (χ2v) is 9.52. The SMILES string of the molecule is COCOc1cc(Cl)ccc1-c1cc2c(nn1)C(C1CC3COCC(C1)N3B(C)O)=CCC2. The summed E-state index contributed by atoms with van der Waals surface area (Å²) in [6.45, 7) is 3.33. The van der Waals surface area contributed by atoms with Gasteiger partial charge in [-0.05, 0) is 73.8 Å². The van der Waals surface area contributed by atoms with Gasteiger partial charge in [0.25, 0.3) is 0 Å². The number of aryl methyl sites for hydroxylation is 1. The third-order valence-electron chi connectivity index (χ3n) is 6.92. The van der Waals surface area contributed by atoms with Gasteiger partial charge >= 0.3 is 7.05 Å². The van der Waals surface area contributed by atoms with Crippen molar-refractivity contribution in [2.24, 2.45) is 5.92 Å². The summed E-state index contributed by atoms with van der Waals surface area (Å²) in [5.74, 6) is 1.03. The molecule has 0 spiro atoms. The zero-order chi connectivity index (χ0) is 22.9. The van der Waals surface area contributed by atoms with Crippen LogP contribution in [0.15, 0.2) is 30.3 Å². The highest BCUT2D eigenvalue weighted by Crippen LogP contribution is 2.42. The quantitative estimate of drug-likeness (QED) is 0.510. The molecule has 7 nitrogen and oxygen atoms in total. The summed E-state index contributed by atoms with van der Waals surface area (Å²) >= 11 is 6.18. The fourth-order valence-electron chi connectivity index (χ4n) is 5.59. The number of allylic oxidation sites excluding steroid dienone is 2. The lowest BCUT2D eigenvalue weighted by Gasteiger charge is -2.50. The molecule has 2 bridgehead atoms. The highest BCUT2D eigenvalue weighted by atomic mass is 35.5. The number of fused-ring (bicyclic) bond motifs is 3. The van der Waals surface area contributed by atoms with E-state index in [1.807, 2.05) is 19.0 Å². The van der Waals surface area contributed by atoms with E-state index in [9.17, 15) is 5.02 Å². The molecule has 1 aliphatic carbocycles. The monoisotopic (exact) mass is 469 g/mol. The van der Waals surface area contributed by atoms with Gasteiger partial charge in [0.2, 0.25) is 0 Å². The summed E-state index contributed by atoms with van der Waals surface area (Å²) < 4.78 is 16.6. The fourth-order valence-corrected chi connectivity index (χ4v) is 5.75. The van der Waals surface area contributed by atoms with E-state index < -0.39 is 7.05 Å². The zero-order valence-electron chi connectivity index (χ0n) is 19.0. The number of halogens is 1. The molecule has 1 aromatic carbocycles. The van der Waals surface area contributed by atoms with Gasteiger partial charge in [0, 0.05) is 29.8 Å². The Morgan fingerprint density at radius 1 is 1.21 bits per heavy atom. The van der Waals surface area contributed by atoms with Crippen molar-refractivity contribution < 1.29 is 19.2 Å². The van der Waals surface area contributed by atoms with Gasteiger partial charge in [0.15, 0.2) is 6.79 Å². The Labute approximate surface area is 199 Å². The minimum atomic E-state index is -0.450. The van der Waals surface area contributed by atoms with E-state index in [4.69, 9.17) is 30.9 Å².